The van der Waals surface area contributed by atoms with E-state index in [0.717, 1.165) is 24.3 Å². The minimum absolute atomic E-state index is 0.00459. The summed E-state index contributed by atoms with van der Waals surface area (Å²) in [6.45, 7) is 3.01. The second-order valence-electron chi connectivity index (χ2n) is 6.33. The molecule has 28 heavy (non-hydrogen) atoms. The van der Waals surface area contributed by atoms with Crippen LogP contribution in [0.25, 0.3) is 0 Å². The zero-order chi connectivity index (χ0) is 19.7. The van der Waals surface area contributed by atoms with Crippen LogP contribution < -0.4 is 20.3 Å². The summed E-state index contributed by atoms with van der Waals surface area (Å²) < 4.78 is 48.7. The van der Waals surface area contributed by atoms with Crippen molar-refractivity contribution in [2.45, 2.75) is 12.8 Å². The number of alkyl halides is 3. The van der Waals surface area contributed by atoms with Crippen LogP contribution in [-0.4, -0.2) is 43.4 Å². The van der Waals surface area contributed by atoms with Crippen LogP contribution in [0.1, 0.15) is 5.56 Å². The number of morpholine rings is 1. The van der Waals surface area contributed by atoms with Crippen LogP contribution >= 0.6 is 0 Å². The Morgan fingerprint density at radius 2 is 2.00 bits per heavy atom. The lowest BCUT2D eigenvalue weighted by Crippen LogP contribution is -2.37. The molecule has 148 valence electrons. The molecule has 0 radical (unpaired) electrons. The molecule has 2 aromatic rings. The normalized spacial score (nSPS) is 16.2. The Labute approximate surface area is 158 Å². The topological polar surface area (TPSA) is 75.7 Å². The number of halogens is 3. The monoisotopic (exact) mass is 394 g/mol. The molecule has 1 saturated heterocycles. The van der Waals surface area contributed by atoms with Gasteiger partial charge in [-0.25, -0.2) is 4.98 Å². The molecule has 0 spiro atoms. The number of fused-ring (bicyclic) bond motifs is 2. The molecule has 2 aliphatic rings. The highest BCUT2D eigenvalue weighted by molar-refractivity contribution is 5.95. The number of hydrogen-bond donors (Lipinski definition) is 2. The van der Waals surface area contributed by atoms with Gasteiger partial charge in [-0.1, -0.05) is 0 Å². The van der Waals surface area contributed by atoms with Crippen LogP contribution in [0.4, 0.5) is 36.1 Å². The summed E-state index contributed by atoms with van der Waals surface area (Å²) in [5, 5.41) is 4.95. The Morgan fingerprint density at radius 3 is 2.75 bits per heavy atom. The number of carbonyl (C=O) groups is 1. The molecule has 0 aliphatic carbocycles. The molecule has 4 rings (SSSR count). The van der Waals surface area contributed by atoms with E-state index >= 15 is 0 Å². The quantitative estimate of drug-likeness (QED) is 0.816. The first-order chi connectivity index (χ1) is 13.4. The third-order valence-electron chi connectivity index (χ3n) is 4.50. The van der Waals surface area contributed by atoms with E-state index in [1.807, 2.05) is 11.4 Å². The fraction of sp³-hybridized carbons (Fsp3) is 0.333. The Balaban J connectivity index is 1.61. The standard InChI is InChI=1S/C18H17F3N4O3/c19-18(20,21)17(26)23-11-1-2-15-13(9-11)24-16-12(10-28-15)14(3-4-22-16)25-5-7-27-8-6-25/h1-4,9H,5-8,10H2,(H,22,24)(H,23,26). The number of rotatable bonds is 2. The molecule has 7 nitrogen and oxygen atoms in total. The lowest BCUT2D eigenvalue weighted by molar-refractivity contribution is -0.167. The number of pyridine rings is 1. The van der Waals surface area contributed by atoms with E-state index in [2.05, 4.69) is 15.2 Å². The van der Waals surface area contributed by atoms with Crippen molar-refractivity contribution in [3.8, 4) is 5.75 Å². The van der Waals surface area contributed by atoms with Gasteiger partial charge in [0.1, 0.15) is 18.2 Å². The van der Waals surface area contributed by atoms with Crippen LogP contribution in [0.3, 0.4) is 0 Å². The molecule has 3 heterocycles. The van der Waals surface area contributed by atoms with Crippen molar-refractivity contribution in [1.29, 1.82) is 0 Å². The van der Waals surface area contributed by atoms with Gasteiger partial charge in [-0.2, -0.15) is 13.2 Å². The molecule has 0 bridgehead atoms. The Morgan fingerprint density at radius 1 is 1.21 bits per heavy atom. The first kappa shape index (κ1) is 18.4. The highest BCUT2D eigenvalue weighted by Crippen LogP contribution is 2.38. The van der Waals surface area contributed by atoms with Crippen molar-refractivity contribution in [2.75, 3.05) is 41.8 Å². The van der Waals surface area contributed by atoms with Gasteiger partial charge in [0.05, 0.1) is 24.5 Å². The van der Waals surface area contributed by atoms with E-state index in [9.17, 15) is 18.0 Å². The van der Waals surface area contributed by atoms with Crippen molar-refractivity contribution in [2.24, 2.45) is 0 Å². The van der Waals surface area contributed by atoms with Crippen molar-refractivity contribution in [1.82, 2.24) is 4.98 Å². The summed E-state index contributed by atoms with van der Waals surface area (Å²) >= 11 is 0. The lowest BCUT2D eigenvalue weighted by Gasteiger charge is -2.30. The molecular weight excluding hydrogens is 377 g/mol. The number of aromatic nitrogens is 1. The van der Waals surface area contributed by atoms with E-state index in [1.165, 1.54) is 18.2 Å². The molecule has 0 atom stereocenters. The number of ether oxygens (including phenoxy) is 2. The summed E-state index contributed by atoms with van der Waals surface area (Å²) in [6, 6.07) is 6.16. The maximum Gasteiger partial charge on any atom is 0.471 e. The zero-order valence-electron chi connectivity index (χ0n) is 14.7. The summed E-state index contributed by atoms with van der Waals surface area (Å²) in [6.07, 6.45) is -3.30. The van der Waals surface area contributed by atoms with Crippen LogP contribution in [0, 0.1) is 0 Å². The molecule has 1 amide bonds. The largest absolute Gasteiger partial charge is 0.486 e. The summed E-state index contributed by atoms with van der Waals surface area (Å²) in [5.74, 6) is -1.02. The van der Waals surface area contributed by atoms with Crippen LogP contribution in [0.2, 0.25) is 0 Å². The third kappa shape index (κ3) is 3.68. The Kier molecular flexibility index (Phi) is 4.71. The van der Waals surface area contributed by atoms with Gasteiger partial charge in [-0.05, 0) is 24.3 Å². The zero-order valence-corrected chi connectivity index (χ0v) is 14.7. The van der Waals surface area contributed by atoms with Crippen LogP contribution in [0.5, 0.6) is 5.75 Å². The fourth-order valence-electron chi connectivity index (χ4n) is 3.14. The van der Waals surface area contributed by atoms with Gasteiger partial charge in [-0.3, -0.25) is 4.79 Å². The molecule has 2 aliphatic heterocycles. The average molecular weight is 394 g/mol. The number of amides is 1. The van der Waals surface area contributed by atoms with Crippen molar-refractivity contribution in [3.05, 3.63) is 36.0 Å². The third-order valence-corrected chi connectivity index (χ3v) is 4.50. The maximum absolute atomic E-state index is 12.5. The lowest BCUT2D eigenvalue weighted by atomic mass is 10.2. The predicted molar refractivity (Wildman–Crippen MR) is 96.0 cm³/mol. The predicted octanol–water partition coefficient (Wildman–Crippen LogP) is 3.06. The van der Waals surface area contributed by atoms with Crippen molar-refractivity contribution < 1.29 is 27.4 Å². The van der Waals surface area contributed by atoms with Gasteiger partial charge in [-0.15, -0.1) is 0 Å². The van der Waals surface area contributed by atoms with Crippen LogP contribution in [-0.2, 0) is 16.1 Å². The summed E-state index contributed by atoms with van der Waals surface area (Å²) in [5.41, 5.74) is 2.25. The van der Waals surface area contributed by atoms with E-state index < -0.39 is 12.1 Å². The van der Waals surface area contributed by atoms with Crippen LogP contribution in [0.15, 0.2) is 30.5 Å². The second kappa shape index (κ2) is 7.19. The van der Waals surface area contributed by atoms with Gasteiger partial charge >= 0.3 is 12.1 Å². The molecule has 0 unspecified atom stereocenters. The van der Waals surface area contributed by atoms with E-state index in [1.54, 1.807) is 6.20 Å². The van der Waals surface area contributed by atoms with Gasteiger partial charge in [0.25, 0.3) is 0 Å². The first-order valence-corrected chi connectivity index (χ1v) is 8.64. The van der Waals surface area contributed by atoms with Gasteiger partial charge in [0.15, 0.2) is 0 Å². The minimum Gasteiger partial charge on any atom is -0.486 e. The maximum atomic E-state index is 12.5. The summed E-state index contributed by atoms with van der Waals surface area (Å²) in [7, 11) is 0. The molecule has 1 fully saturated rings. The van der Waals surface area contributed by atoms with Crippen molar-refractivity contribution in [3.63, 3.8) is 0 Å². The number of nitrogens with one attached hydrogen (secondary N) is 2. The van der Waals surface area contributed by atoms with E-state index in [0.29, 0.717) is 30.5 Å². The van der Waals surface area contributed by atoms with E-state index in [-0.39, 0.29) is 12.3 Å². The van der Waals surface area contributed by atoms with Gasteiger partial charge < -0.3 is 25.0 Å². The average Bonchev–Trinajstić information content (AvgIpc) is 2.86. The molecule has 10 heteroatoms. The molecule has 2 N–H and O–H groups in total. The number of benzene rings is 1. The highest BCUT2D eigenvalue weighted by Gasteiger charge is 2.38. The first-order valence-electron chi connectivity index (χ1n) is 8.64. The SMILES string of the molecule is O=C(Nc1ccc2c(c1)Nc1nccc(N3CCOCC3)c1CO2)C(F)(F)F. The smallest absolute Gasteiger partial charge is 0.471 e. The minimum atomic E-state index is -4.96. The molecule has 1 aromatic carbocycles. The number of carbonyl (C=O) groups excluding carboxylic acids is 1. The van der Waals surface area contributed by atoms with Crippen molar-refractivity contribution >= 4 is 28.8 Å². The molecular formula is C18H17F3N4O3. The fourth-order valence-corrected chi connectivity index (χ4v) is 3.14. The Hall–Kier alpha value is -3.01. The molecule has 0 saturated carbocycles. The number of nitrogens with zero attached hydrogens (tertiary/aromatic N) is 2. The van der Waals surface area contributed by atoms with E-state index in [4.69, 9.17) is 9.47 Å². The second-order valence-corrected chi connectivity index (χ2v) is 6.33. The Bertz CT molecular complexity index is 898. The number of hydrogen-bond acceptors (Lipinski definition) is 6. The highest BCUT2D eigenvalue weighted by atomic mass is 19.4. The number of anilines is 4. The van der Waals surface area contributed by atoms with Gasteiger partial charge in [0.2, 0.25) is 0 Å². The van der Waals surface area contributed by atoms with Gasteiger partial charge in [0, 0.05) is 30.7 Å². The summed E-state index contributed by atoms with van der Waals surface area (Å²) in [4.78, 5) is 17.7. The molecule has 1 aromatic heterocycles.